The zero-order chi connectivity index (χ0) is 19.4. The van der Waals surface area contributed by atoms with Gasteiger partial charge in [-0.1, -0.05) is 13.0 Å². The van der Waals surface area contributed by atoms with Gasteiger partial charge in [0.15, 0.2) is 0 Å². The Bertz CT molecular complexity index is 877. The third kappa shape index (κ3) is 4.25. The smallest absolute Gasteiger partial charge is 0.335 e. The number of urea groups is 1. The van der Waals surface area contributed by atoms with E-state index in [0.29, 0.717) is 30.9 Å². The maximum Gasteiger partial charge on any atom is 0.335 e. The number of rotatable bonds is 5. The van der Waals surface area contributed by atoms with Crippen LogP contribution >= 0.6 is 0 Å². The van der Waals surface area contributed by atoms with E-state index in [1.807, 2.05) is 6.92 Å². The van der Waals surface area contributed by atoms with Gasteiger partial charge in [-0.05, 0) is 53.9 Å². The van der Waals surface area contributed by atoms with Crippen molar-refractivity contribution in [3.05, 3.63) is 64.7 Å². The Morgan fingerprint density at radius 2 is 1.67 bits per heavy atom. The first kappa shape index (κ1) is 18.4. The van der Waals surface area contributed by atoms with Crippen molar-refractivity contribution in [3.63, 3.8) is 0 Å². The SMILES string of the molecule is CCCNC(=O)c1ccc(NC(=O)N2Cc3ccc(C(=O)O)cc3C2)cc1. The molecule has 0 saturated heterocycles. The van der Waals surface area contributed by atoms with Gasteiger partial charge in [0.2, 0.25) is 0 Å². The lowest BCUT2D eigenvalue weighted by Gasteiger charge is -2.16. The van der Waals surface area contributed by atoms with Crippen LogP contribution in [0.3, 0.4) is 0 Å². The minimum absolute atomic E-state index is 0.140. The van der Waals surface area contributed by atoms with E-state index in [-0.39, 0.29) is 17.5 Å². The predicted molar refractivity (Wildman–Crippen MR) is 101 cm³/mol. The molecule has 3 rings (SSSR count). The fourth-order valence-corrected chi connectivity index (χ4v) is 2.92. The number of nitrogens with one attached hydrogen (secondary N) is 2. The molecule has 0 aliphatic carbocycles. The lowest BCUT2D eigenvalue weighted by Crippen LogP contribution is -2.30. The van der Waals surface area contributed by atoms with Crippen LogP contribution in [0.2, 0.25) is 0 Å². The molecule has 27 heavy (non-hydrogen) atoms. The second-order valence-electron chi connectivity index (χ2n) is 6.41. The fraction of sp³-hybridized carbons (Fsp3) is 0.250. The molecule has 0 bridgehead atoms. The number of carboxylic acid groups (broad SMARTS) is 1. The molecule has 0 atom stereocenters. The summed E-state index contributed by atoms with van der Waals surface area (Å²) in [7, 11) is 0. The number of carboxylic acids is 1. The third-order valence-electron chi connectivity index (χ3n) is 4.40. The quantitative estimate of drug-likeness (QED) is 0.756. The molecular formula is C20H21N3O4. The average Bonchev–Trinajstić information content (AvgIpc) is 3.10. The topological polar surface area (TPSA) is 98.7 Å². The van der Waals surface area contributed by atoms with Crippen molar-refractivity contribution in [2.45, 2.75) is 26.4 Å². The van der Waals surface area contributed by atoms with Crippen LogP contribution in [0.25, 0.3) is 0 Å². The Labute approximate surface area is 157 Å². The van der Waals surface area contributed by atoms with Gasteiger partial charge in [-0.2, -0.15) is 0 Å². The molecule has 0 unspecified atom stereocenters. The van der Waals surface area contributed by atoms with E-state index in [2.05, 4.69) is 10.6 Å². The minimum Gasteiger partial charge on any atom is -0.478 e. The number of carbonyl (C=O) groups is 3. The van der Waals surface area contributed by atoms with Gasteiger partial charge in [0.25, 0.3) is 5.91 Å². The molecule has 1 heterocycles. The summed E-state index contributed by atoms with van der Waals surface area (Å²) in [6.07, 6.45) is 0.867. The largest absolute Gasteiger partial charge is 0.478 e. The van der Waals surface area contributed by atoms with Gasteiger partial charge in [0.1, 0.15) is 0 Å². The summed E-state index contributed by atoms with van der Waals surface area (Å²) in [6.45, 7) is 3.40. The molecule has 3 amide bonds. The van der Waals surface area contributed by atoms with E-state index < -0.39 is 5.97 Å². The van der Waals surface area contributed by atoms with Crippen LogP contribution in [0.5, 0.6) is 0 Å². The highest BCUT2D eigenvalue weighted by Crippen LogP contribution is 2.24. The zero-order valence-electron chi connectivity index (χ0n) is 15.0. The summed E-state index contributed by atoms with van der Waals surface area (Å²) >= 11 is 0. The highest BCUT2D eigenvalue weighted by atomic mass is 16.4. The monoisotopic (exact) mass is 367 g/mol. The first-order valence-corrected chi connectivity index (χ1v) is 8.77. The number of nitrogens with zero attached hydrogens (tertiary/aromatic N) is 1. The molecule has 2 aromatic carbocycles. The number of anilines is 1. The number of carbonyl (C=O) groups excluding carboxylic acids is 2. The number of benzene rings is 2. The van der Waals surface area contributed by atoms with Gasteiger partial charge in [0.05, 0.1) is 5.56 Å². The summed E-state index contributed by atoms with van der Waals surface area (Å²) in [5.41, 5.74) is 3.13. The van der Waals surface area contributed by atoms with Crippen molar-refractivity contribution in [2.24, 2.45) is 0 Å². The summed E-state index contributed by atoms with van der Waals surface area (Å²) in [4.78, 5) is 37.1. The lowest BCUT2D eigenvalue weighted by atomic mass is 10.1. The Kier molecular flexibility index (Phi) is 5.40. The molecule has 0 saturated carbocycles. The Morgan fingerprint density at radius 1 is 1.00 bits per heavy atom. The summed E-state index contributed by atoms with van der Waals surface area (Å²) in [5.74, 6) is -1.12. The molecular weight excluding hydrogens is 346 g/mol. The van der Waals surface area contributed by atoms with Crippen molar-refractivity contribution in [2.75, 3.05) is 11.9 Å². The molecule has 1 aliphatic heterocycles. The Hall–Kier alpha value is -3.35. The van der Waals surface area contributed by atoms with Crippen LogP contribution in [0.15, 0.2) is 42.5 Å². The molecule has 7 heteroatoms. The highest BCUT2D eigenvalue weighted by molar-refractivity contribution is 5.95. The molecule has 0 aromatic heterocycles. The molecule has 7 nitrogen and oxygen atoms in total. The van der Waals surface area contributed by atoms with Crippen molar-refractivity contribution in [1.29, 1.82) is 0 Å². The second-order valence-corrected chi connectivity index (χ2v) is 6.41. The van der Waals surface area contributed by atoms with Crippen LogP contribution < -0.4 is 10.6 Å². The maximum atomic E-state index is 12.5. The van der Waals surface area contributed by atoms with E-state index in [1.165, 1.54) is 0 Å². The number of aromatic carboxylic acids is 1. The van der Waals surface area contributed by atoms with E-state index in [0.717, 1.165) is 17.5 Å². The molecule has 140 valence electrons. The summed E-state index contributed by atoms with van der Waals surface area (Å²) in [6, 6.07) is 11.3. The normalized spacial score (nSPS) is 12.4. The van der Waals surface area contributed by atoms with E-state index in [1.54, 1.807) is 47.4 Å². The second kappa shape index (κ2) is 7.90. The van der Waals surface area contributed by atoms with Gasteiger partial charge < -0.3 is 20.6 Å². The van der Waals surface area contributed by atoms with Crippen LogP contribution in [-0.2, 0) is 13.1 Å². The molecule has 0 radical (unpaired) electrons. The van der Waals surface area contributed by atoms with E-state index in [9.17, 15) is 14.4 Å². The van der Waals surface area contributed by atoms with E-state index in [4.69, 9.17) is 5.11 Å². The van der Waals surface area contributed by atoms with Gasteiger partial charge in [-0.3, -0.25) is 4.79 Å². The first-order chi connectivity index (χ1) is 13.0. The predicted octanol–water partition coefficient (Wildman–Crippen LogP) is 3.07. The fourth-order valence-electron chi connectivity index (χ4n) is 2.92. The summed E-state index contributed by atoms with van der Waals surface area (Å²) < 4.78 is 0. The zero-order valence-corrected chi connectivity index (χ0v) is 15.0. The Morgan fingerprint density at radius 3 is 2.33 bits per heavy atom. The molecule has 1 aliphatic rings. The number of hydrogen-bond donors (Lipinski definition) is 3. The van der Waals surface area contributed by atoms with Crippen molar-refractivity contribution in [1.82, 2.24) is 10.2 Å². The lowest BCUT2D eigenvalue weighted by molar-refractivity contribution is 0.0696. The van der Waals surface area contributed by atoms with Gasteiger partial charge in [0, 0.05) is 30.9 Å². The van der Waals surface area contributed by atoms with E-state index >= 15 is 0 Å². The molecule has 0 fully saturated rings. The van der Waals surface area contributed by atoms with Crippen LogP contribution in [0.1, 0.15) is 45.2 Å². The third-order valence-corrected chi connectivity index (χ3v) is 4.40. The standard InChI is InChI=1S/C20H21N3O4/c1-2-9-21-18(24)13-5-7-17(8-6-13)22-20(27)23-11-15-4-3-14(19(25)26)10-16(15)12-23/h3-8,10H,2,9,11-12H2,1H3,(H,21,24)(H,22,27)(H,25,26). The molecule has 3 N–H and O–H groups in total. The van der Waals surface area contributed by atoms with Gasteiger partial charge in [-0.15, -0.1) is 0 Å². The minimum atomic E-state index is -0.983. The number of hydrogen-bond acceptors (Lipinski definition) is 3. The van der Waals surface area contributed by atoms with Crippen molar-refractivity contribution in [3.8, 4) is 0 Å². The van der Waals surface area contributed by atoms with Crippen LogP contribution in [0.4, 0.5) is 10.5 Å². The number of amides is 3. The van der Waals surface area contributed by atoms with Crippen molar-refractivity contribution >= 4 is 23.6 Å². The van der Waals surface area contributed by atoms with Gasteiger partial charge >= 0.3 is 12.0 Å². The van der Waals surface area contributed by atoms with Crippen molar-refractivity contribution < 1.29 is 19.5 Å². The average molecular weight is 367 g/mol. The molecule has 0 spiro atoms. The van der Waals surface area contributed by atoms with Crippen LogP contribution in [-0.4, -0.2) is 34.5 Å². The summed E-state index contributed by atoms with van der Waals surface area (Å²) in [5, 5.41) is 14.7. The molecule has 2 aromatic rings. The Balaban J connectivity index is 1.61. The first-order valence-electron chi connectivity index (χ1n) is 8.77. The van der Waals surface area contributed by atoms with Gasteiger partial charge in [-0.25, -0.2) is 9.59 Å². The number of fused-ring (bicyclic) bond motifs is 1. The highest BCUT2D eigenvalue weighted by Gasteiger charge is 2.24. The maximum absolute atomic E-state index is 12.5. The van der Waals surface area contributed by atoms with Crippen LogP contribution in [0, 0.1) is 0 Å².